The fourth-order valence-electron chi connectivity index (χ4n) is 1.70. The standard InChI is InChI=1S/C12H16N4/c1-13-8-6-10-9-16(2)15-12(10)11-5-3-4-7-14-11/h3-5,7,9,13H,6,8H2,1-2H3. The molecule has 0 aliphatic heterocycles. The summed E-state index contributed by atoms with van der Waals surface area (Å²) in [6.07, 6.45) is 4.82. The molecule has 4 nitrogen and oxygen atoms in total. The van der Waals surface area contributed by atoms with Crippen molar-refractivity contribution in [3.8, 4) is 11.4 Å². The lowest BCUT2D eigenvalue weighted by Crippen LogP contribution is -2.10. The van der Waals surface area contributed by atoms with E-state index in [1.807, 2.05) is 37.0 Å². The molecule has 2 aromatic rings. The normalized spacial score (nSPS) is 10.6. The Labute approximate surface area is 95.3 Å². The molecular formula is C12H16N4. The monoisotopic (exact) mass is 216 g/mol. The van der Waals surface area contributed by atoms with Crippen LogP contribution in [0.15, 0.2) is 30.6 Å². The molecule has 0 amide bonds. The van der Waals surface area contributed by atoms with Gasteiger partial charge in [-0.25, -0.2) is 0 Å². The molecule has 0 aromatic carbocycles. The van der Waals surface area contributed by atoms with Gasteiger partial charge in [-0.3, -0.25) is 9.67 Å². The van der Waals surface area contributed by atoms with Gasteiger partial charge in [0.15, 0.2) is 0 Å². The van der Waals surface area contributed by atoms with E-state index in [-0.39, 0.29) is 0 Å². The highest BCUT2D eigenvalue weighted by atomic mass is 15.3. The van der Waals surface area contributed by atoms with E-state index in [0.29, 0.717) is 0 Å². The highest BCUT2D eigenvalue weighted by molar-refractivity contribution is 5.58. The van der Waals surface area contributed by atoms with Gasteiger partial charge in [-0.05, 0) is 32.1 Å². The molecule has 0 bridgehead atoms. The average molecular weight is 216 g/mol. The number of nitrogens with zero attached hydrogens (tertiary/aromatic N) is 3. The van der Waals surface area contributed by atoms with E-state index >= 15 is 0 Å². The molecule has 0 atom stereocenters. The first-order chi connectivity index (χ1) is 7.81. The van der Waals surface area contributed by atoms with Crippen molar-refractivity contribution in [2.75, 3.05) is 13.6 Å². The molecule has 4 heteroatoms. The summed E-state index contributed by atoms with van der Waals surface area (Å²) in [5.74, 6) is 0. The highest BCUT2D eigenvalue weighted by Crippen LogP contribution is 2.19. The van der Waals surface area contributed by atoms with Crippen LogP contribution in [-0.2, 0) is 13.5 Å². The SMILES string of the molecule is CNCCc1cn(C)nc1-c1ccccn1. The zero-order chi connectivity index (χ0) is 11.4. The molecule has 0 unspecified atom stereocenters. The van der Waals surface area contributed by atoms with Crippen molar-refractivity contribution in [1.29, 1.82) is 0 Å². The number of aryl methyl sites for hydroxylation is 1. The largest absolute Gasteiger partial charge is 0.319 e. The van der Waals surface area contributed by atoms with Crippen molar-refractivity contribution in [2.24, 2.45) is 7.05 Å². The molecule has 0 spiro atoms. The maximum atomic E-state index is 4.46. The summed E-state index contributed by atoms with van der Waals surface area (Å²) in [5, 5.41) is 7.61. The smallest absolute Gasteiger partial charge is 0.114 e. The second-order valence-electron chi connectivity index (χ2n) is 3.75. The van der Waals surface area contributed by atoms with Gasteiger partial charge in [0.2, 0.25) is 0 Å². The molecule has 0 saturated carbocycles. The number of hydrogen-bond acceptors (Lipinski definition) is 3. The second kappa shape index (κ2) is 4.90. The maximum absolute atomic E-state index is 4.46. The van der Waals surface area contributed by atoms with Gasteiger partial charge in [-0.2, -0.15) is 5.10 Å². The first kappa shape index (κ1) is 10.8. The minimum absolute atomic E-state index is 0.939. The maximum Gasteiger partial charge on any atom is 0.114 e. The van der Waals surface area contributed by atoms with Crippen molar-refractivity contribution in [1.82, 2.24) is 20.1 Å². The number of aromatic nitrogens is 3. The zero-order valence-corrected chi connectivity index (χ0v) is 9.64. The molecule has 0 fully saturated rings. The van der Waals surface area contributed by atoms with Crippen LogP contribution < -0.4 is 5.32 Å². The van der Waals surface area contributed by atoms with E-state index in [9.17, 15) is 0 Å². The Bertz CT molecular complexity index is 447. The zero-order valence-electron chi connectivity index (χ0n) is 9.64. The van der Waals surface area contributed by atoms with E-state index in [1.165, 1.54) is 5.56 Å². The molecule has 0 saturated heterocycles. The molecule has 0 radical (unpaired) electrons. The Hall–Kier alpha value is -1.68. The van der Waals surface area contributed by atoms with E-state index < -0.39 is 0 Å². The van der Waals surface area contributed by atoms with E-state index in [2.05, 4.69) is 21.6 Å². The summed E-state index contributed by atoms with van der Waals surface area (Å²) >= 11 is 0. The fraction of sp³-hybridized carbons (Fsp3) is 0.333. The van der Waals surface area contributed by atoms with Gasteiger partial charge in [0.05, 0.1) is 5.69 Å². The van der Waals surface area contributed by atoms with Crippen LogP contribution in [0.3, 0.4) is 0 Å². The van der Waals surface area contributed by atoms with Crippen molar-refractivity contribution in [2.45, 2.75) is 6.42 Å². The van der Waals surface area contributed by atoms with Crippen LogP contribution in [0, 0.1) is 0 Å². The third-order valence-electron chi connectivity index (χ3n) is 2.46. The highest BCUT2D eigenvalue weighted by Gasteiger charge is 2.09. The Morgan fingerprint density at radius 2 is 2.25 bits per heavy atom. The second-order valence-corrected chi connectivity index (χ2v) is 3.75. The van der Waals surface area contributed by atoms with Crippen molar-refractivity contribution in [3.63, 3.8) is 0 Å². The van der Waals surface area contributed by atoms with Crippen LogP contribution in [0.5, 0.6) is 0 Å². The summed E-state index contributed by atoms with van der Waals surface area (Å²) < 4.78 is 1.84. The topological polar surface area (TPSA) is 42.7 Å². The Morgan fingerprint density at radius 1 is 1.38 bits per heavy atom. The minimum Gasteiger partial charge on any atom is -0.319 e. The number of likely N-dealkylation sites (N-methyl/N-ethyl adjacent to an activating group) is 1. The van der Waals surface area contributed by atoms with Crippen molar-refractivity contribution in [3.05, 3.63) is 36.2 Å². The number of pyridine rings is 1. The van der Waals surface area contributed by atoms with Crippen LogP contribution in [0.25, 0.3) is 11.4 Å². The van der Waals surface area contributed by atoms with Gasteiger partial charge in [-0.15, -0.1) is 0 Å². The van der Waals surface area contributed by atoms with Gasteiger partial charge in [0.25, 0.3) is 0 Å². The predicted octanol–water partition coefficient (Wildman–Crippen LogP) is 1.24. The number of hydrogen-bond donors (Lipinski definition) is 1. The van der Waals surface area contributed by atoms with Crippen LogP contribution >= 0.6 is 0 Å². The first-order valence-corrected chi connectivity index (χ1v) is 5.40. The number of nitrogens with one attached hydrogen (secondary N) is 1. The average Bonchev–Trinajstić information content (AvgIpc) is 2.69. The summed E-state index contributed by atoms with van der Waals surface area (Å²) in [5.41, 5.74) is 3.16. The molecule has 84 valence electrons. The van der Waals surface area contributed by atoms with Crippen LogP contribution in [-0.4, -0.2) is 28.4 Å². The Morgan fingerprint density at radius 3 is 2.94 bits per heavy atom. The lowest BCUT2D eigenvalue weighted by atomic mass is 10.1. The quantitative estimate of drug-likeness (QED) is 0.836. The molecule has 16 heavy (non-hydrogen) atoms. The fourth-order valence-corrected chi connectivity index (χ4v) is 1.70. The summed E-state index contributed by atoms with van der Waals surface area (Å²) in [4.78, 5) is 4.33. The lowest BCUT2D eigenvalue weighted by Gasteiger charge is -2.00. The molecule has 0 aliphatic rings. The van der Waals surface area contributed by atoms with Gasteiger partial charge in [0.1, 0.15) is 5.69 Å². The van der Waals surface area contributed by atoms with Crippen molar-refractivity contribution < 1.29 is 0 Å². The van der Waals surface area contributed by atoms with Gasteiger partial charge >= 0.3 is 0 Å². The molecule has 2 heterocycles. The van der Waals surface area contributed by atoms with Gasteiger partial charge in [0, 0.05) is 25.0 Å². The van der Waals surface area contributed by atoms with Crippen molar-refractivity contribution >= 4 is 0 Å². The Balaban J connectivity index is 2.33. The molecular weight excluding hydrogens is 200 g/mol. The lowest BCUT2D eigenvalue weighted by molar-refractivity contribution is 0.764. The molecule has 0 aliphatic carbocycles. The van der Waals surface area contributed by atoms with Crippen LogP contribution in [0.4, 0.5) is 0 Å². The molecule has 2 rings (SSSR count). The third-order valence-corrected chi connectivity index (χ3v) is 2.46. The predicted molar refractivity (Wildman–Crippen MR) is 64.1 cm³/mol. The molecule has 1 N–H and O–H groups in total. The first-order valence-electron chi connectivity index (χ1n) is 5.40. The number of rotatable bonds is 4. The van der Waals surface area contributed by atoms with Crippen LogP contribution in [0.2, 0.25) is 0 Å². The van der Waals surface area contributed by atoms with E-state index in [0.717, 1.165) is 24.4 Å². The summed E-state index contributed by atoms with van der Waals surface area (Å²) in [6, 6.07) is 5.89. The van der Waals surface area contributed by atoms with Gasteiger partial charge in [-0.1, -0.05) is 6.07 Å². The van der Waals surface area contributed by atoms with E-state index in [1.54, 1.807) is 6.20 Å². The van der Waals surface area contributed by atoms with E-state index in [4.69, 9.17) is 0 Å². The van der Waals surface area contributed by atoms with Crippen LogP contribution in [0.1, 0.15) is 5.56 Å². The van der Waals surface area contributed by atoms with Gasteiger partial charge < -0.3 is 5.32 Å². The summed E-state index contributed by atoms with van der Waals surface area (Å²) in [6.45, 7) is 0.950. The third kappa shape index (κ3) is 2.28. The Kier molecular flexibility index (Phi) is 3.31. The summed E-state index contributed by atoms with van der Waals surface area (Å²) in [7, 11) is 3.89. The minimum atomic E-state index is 0.939. The molecule has 2 aromatic heterocycles.